The Bertz CT molecular complexity index is 336. The zero-order valence-corrected chi connectivity index (χ0v) is 7.12. The highest BCUT2D eigenvalue weighted by Gasteiger charge is 2.38. The maximum Gasteiger partial charge on any atom is 0.408 e. The van der Waals surface area contributed by atoms with E-state index in [0.29, 0.717) is 0 Å². The summed E-state index contributed by atoms with van der Waals surface area (Å²) < 4.78 is 36.1. The average molecular weight is 206 g/mol. The summed E-state index contributed by atoms with van der Waals surface area (Å²) in [6.07, 6.45) is -4.45. The average Bonchev–Trinajstić information content (AvgIpc) is 2.48. The van der Waals surface area contributed by atoms with E-state index in [1.54, 1.807) is 6.07 Å². The largest absolute Gasteiger partial charge is 0.408 e. The number of hydrogen-bond acceptors (Lipinski definition) is 3. The van der Waals surface area contributed by atoms with Crippen molar-refractivity contribution in [3.8, 4) is 6.07 Å². The van der Waals surface area contributed by atoms with Gasteiger partial charge in [-0.25, -0.2) is 0 Å². The summed E-state index contributed by atoms with van der Waals surface area (Å²) in [6.45, 7) is 0. The molecule has 0 saturated heterocycles. The molecule has 0 aliphatic heterocycles. The molecular weight excluding hydrogens is 201 g/mol. The van der Waals surface area contributed by atoms with E-state index in [9.17, 15) is 13.2 Å². The third-order valence-corrected chi connectivity index (χ3v) is 2.42. The predicted octanol–water partition coefficient (Wildman–Crippen LogP) is 2.18. The Kier molecular flexibility index (Phi) is 2.59. The highest BCUT2D eigenvalue weighted by molar-refractivity contribution is 7.10. The van der Waals surface area contributed by atoms with Gasteiger partial charge in [0.25, 0.3) is 0 Å². The maximum absolute atomic E-state index is 12.0. The molecule has 1 aromatic heterocycles. The van der Waals surface area contributed by atoms with Gasteiger partial charge in [-0.1, -0.05) is 0 Å². The molecule has 1 rings (SSSR count). The van der Waals surface area contributed by atoms with E-state index < -0.39 is 12.2 Å². The van der Waals surface area contributed by atoms with Crippen LogP contribution >= 0.6 is 11.3 Å². The van der Waals surface area contributed by atoms with Gasteiger partial charge in [0.05, 0.1) is 5.56 Å². The lowest BCUT2D eigenvalue weighted by atomic mass is 10.2. The first-order valence-electron chi connectivity index (χ1n) is 3.26. The number of nitrogens with two attached hydrogens (primary N) is 1. The monoisotopic (exact) mass is 206 g/mol. The number of hydrogen-bond donors (Lipinski definition) is 1. The Morgan fingerprint density at radius 1 is 1.54 bits per heavy atom. The molecule has 6 heteroatoms. The molecule has 0 aromatic carbocycles. The molecule has 1 aromatic rings. The van der Waals surface area contributed by atoms with Crippen molar-refractivity contribution in [2.24, 2.45) is 5.73 Å². The zero-order valence-electron chi connectivity index (χ0n) is 6.30. The molecule has 0 saturated carbocycles. The molecule has 1 heterocycles. The third kappa shape index (κ3) is 2.20. The lowest BCUT2D eigenvalue weighted by Crippen LogP contribution is -2.27. The van der Waals surface area contributed by atoms with Crippen LogP contribution in [0.3, 0.4) is 0 Å². The van der Waals surface area contributed by atoms with Gasteiger partial charge in [0, 0.05) is 10.3 Å². The van der Waals surface area contributed by atoms with E-state index in [1.165, 1.54) is 5.38 Å². The second-order valence-corrected chi connectivity index (χ2v) is 3.31. The molecule has 0 aliphatic rings. The molecule has 1 atom stereocenters. The van der Waals surface area contributed by atoms with Crippen molar-refractivity contribution < 1.29 is 13.2 Å². The SMILES string of the molecule is N#Cc1csc(C(N)C(F)(F)F)c1. The van der Waals surface area contributed by atoms with Crippen molar-refractivity contribution >= 4 is 11.3 Å². The first kappa shape index (κ1) is 10.0. The van der Waals surface area contributed by atoms with Crippen LogP contribution in [0, 0.1) is 11.3 Å². The Morgan fingerprint density at radius 2 is 2.15 bits per heavy atom. The number of halogens is 3. The van der Waals surface area contributed by atoms with Gasteiger partial charge in [-0.3, -0.25) is 0 Å². The van der Waals surface area contributed by atoms with Crippen LogP contribution in [0.1, 0.15) is 16.5 Å². The van der Waals surface area contributed by atoms with E-state index in [4.69, 9.17) is 11.0 Å². The minimum atomic E-state index is -4.45. The molecule has 2 nitrogen and oxygen atoms in total. The van der Waals surface area contributed by atoms with Gasteiger partial charge < -0.3 is 5.73 Å². The van der Waals surface area contributed by atoms with E-state index in [-0.39, 0.29) is 10.4 Å². The van der Waals surface area contributed by atoms with Gasteiger partial charge in [-0.15, -0.1) is 11.3 Å². The molecule has 2 N–H and O–H groups in total. The predicted molar refractivity (Wildman–Crippen MR) is 42.0 cm³/mol. The summed E-state index contributed by atoms with van der Waals surface area (Å²) in [7, 11) is 0. The van der Waals surface area contributed by atoms with E-state index in [2.05, 4.69) is 0 Å². The molecule has 0 amide bonds. The Morgan fingerprint density at radius 3 is 2.54 bits per heavy atom. The van der Waals surface area contributed by atoms with Gasteiger partial charge in [-0.05, 0) is 6.07 Å². The van der Waals surface area contributed by atoms with E-state index in [0.717, 1.165) is 17.4 Å². The molecule has 0 fully saturated rings. The van der Waals surface area contributed by atoms with Crippen LogP contribution < -0.4 is 5.73 Å². The van der Waals surface area contributed by atoms with Gasteiger partial charge >= 0.3 is 6.18 Å². The van der Waals surface area contributed by atoms with Gasteiger partial charge in [0.2, 0.25) is 0 Å². The highest BCUT2D eigenvalue weighted by atomic mass is 32.1. The number of nitrogens with zero attached hydrogens (tertiary/aromatic N) is 1. The van der Waals surface area contributed by atoms with Crippen LogP contribution in [0.25, 0.3) is 0 Å². The normalized spacial score (nSPS) is 13.8. The third-order valence-electron chi connectivity index (χ3n) is 1.41. The number of alkyl halides is 3. The minimum absolute atomic E-state index is 0.0379. The minimum Gasteiger partial charge on any atom is -0.316 e. The summed E-state index contributed by atoms with van der Waals surface area (Å²) in [5.41, 5.74) is 5.12. The Labute approximate surface area is 76.4 Å². The number of rotatable bonds is 1. The second kappa shape index (κ2) is 3.36. The van der Waals surface area contributed by atoms with Gasteiger partial charge in [0.15, 0.2) is 0 Å². The van der Waals surface area contributed by atoms with Crippen molar-refractivity contribution in [3.05, 3.63) is 21.9 Å². The Balaban J connectivity index is 2.91. The van der Waals surface area contributed by atoms with Crippen LogP contribution in [0.15, 0.2) is 11.4 Å². The summed E-state index contributed by atoms with van der Waals surface area (Å²) in [6, 6.07) is 0.910. The molecule has 70 valence electrons. The van der Waals surface area contributed by atoms with Gasteiger partial charge in [0.1, 0.15) is 12.1 Å². The first-order chi connectivity index (χ1) is 5.95. The van der Waals surface area contributed by atoms with E-state index in [1.807, 2.05) is 0 Å². The fourth-order valence-corrected chi connectivity index (χ4v) is 1.59. The quantitative estimate of drug-likeness (QED) is 0.765. The standard InChI is InChI=1S/C7H5F3N2S/c8-7(9,10)6(12)5-1-4(2-11)3-13-5/h1,3,6H,12H2. The Hall–Kier alpha value is -1.06. The topological polar surface area (TPSA) is 49.8 Å². The van der Waals surface area contributed by atoms with Crippen LogP contribution in [0.2, 0.25) is 0 Å². The second-order valence-electron chi connectivity index (χ2n) is 2.37. The van der Waals surface area contributed by atoms with Crippen molar-refractivity contribution in [2.75, 3.05) is 0 Å². The summed E-state index contributed by atoms with van der Waals surface area (Å²) >= 11 is 0.842. The van der Waals surface area contributed by atoms with E-state index >= 15 is 0 Å². The summed E-state index contributed by atoms with van der Waals surface area (Å²) in [4.78, 5) is -0.0379. The fourth-order valence-electron chi connectivity index (χ4n) is 0.736. The molecule has 13 heavy (non-hydrogen) atoms. The molecule has 0 spiro atoms. The number of thiophene rings is 1. The lowest BCUT2D eigenvalue weighted by Gasteiger charge is -2.12. The molecular formula is C7H5F3N2S. The molecule has 0 bridgehead atoms. The van der Waals surface area contributed by atoms with Crippen molar-refractivity contribution in [3.63, 3.8) is 0 Å². The molecule has 1 unspecified atom stereocenters. The van der Waals surface area contributed by atoms with Crippen molar-refractivity contribution in [1.29, 1.82) is 5.26 Å². The van der Waals surface area contributed by atoms with Crippen LogP contribution in [-0.4, -0.2) is 6.18 Å². The lowest BCUT2D eigenvalue weighted by molar-refractivity contribution is -0.148. The van der Waals surface area contributed by atoms with Crippen molar-refractivity contribution in [1.82, 2.24) is 0 Å². The number of nitriles is 1. The summed E-state index contributed by atoms with van der Waals surface area (Å²) in [5.74, 6) is 0. The molecule has 0 aliphatic carbocycles. The summed E-state index contributed by atoms with van der Waals surface area (Å²) in [5, 5.41) is 9.72. The van der Waals surface area contributed by atoms with Crippen LogP contribution in [0.4, 0.5) is 13.2 Å². The fraction of sp³-hybridized carbons (Fsp3) is 0.286. The van der Waals surface area contributed by atoms with Crippen LogP contribution in [0.5, 0.6) is 0 Å². The first-order valence-corrected chi connectivity index (χ1v) is 4.14. The molecule has 0 radical (unpaired) electrons. The maximum atomic E-state index is 12.0. The van der Waals surface area contributed by atoms with Gasteiger partial charge in [-0.2, -0.15) is 18.4 Å². The highest BCUT2D eigenvalue weighted by Crippen LogP contribution is 2.33. The van der Waals surface area contributed by atoms with Crippen molar-refractivity contribution in [2.45, 2.75) is 12.2 Å². The smallest absolute Gasteiger partial charge is 0.316 e. The zero-order chi connectivity index (χ0) is 10.1. The van der Waals surface area contributed by atoms with Crippen LogP contribution in [-0.2, 0) is 0 Å².